The fraction of sp³-hybridized carbons (Fsp3) is 0.500. The third kappa shape index (κ3) is 2.07. The van der Waals surface area contributed by atoms with Gasteiger partial charge in [-0.05, 0) is 18.9 Å². The quantitative estimate of drug-likeness (QED) is 0.865. The number of hydrogen-bond donors (Lipinski definition) is 1. The predicted octanol–water partition coefficient (Wildman–Crippen LogP) is 2.48. The minimum Gasteiger partial charge on any atom is -0.313 e. The third-order valence-electron chi connectivity index (χ3n) is 3.57. The van der Waals surface area contributed by atoms with E-state index in [9.17, 15) is 4.79 Å². The number of rotatable bonds is 4. The van der Waals surface area contributed by atoms with Gasteiger partial charge in [-0.15, -0.1) is 0 Å². The molecule has 0 spiro atoms. The molecular formula is C14H20N2O. The molecule has 1 heterocycles. The van der Waals surface area contributed by atoms with Gasteiger partial charge in [0.15, 0.2) is 0 Å². The molecule has 0 aromatic heterocycles. The van der Waals surface area contributed by atoms with E-state index < -0.39 is 0 Å². The second kappa shape index (κ2) is 4.88. The van der Waals surface area contributed by atoms with Crippen molar-refractivity contribution >= 4 is 11.6 Å². The molecule has 0 radical (unpaired) electrons. The second-order valence-electron chi connectivity index (χ2n) is 4.57. The molecule has 0 saturated heterocycles. The molecule has 1 aliphatic heterocycles. The van der Waals surface area contributed by atoms with Crippen molar-refractivity contribution in [2.45, 2.75) is 38.8 Å². The summed E-state index contributed by atoms with van der Waals surface area (Å²) >= 11 is 0. The van der Waals surface area contributed by atoms with Gasteiger partial charge in [-0.1, -0.05) is 32.0 Å². The lowest BCUT2D eigenvalue weighted by Crippen LogP contribution is -2.37. The van der Waals surface area contributed by atoms with Crippen LogP contribution in [0.15, 0.2) is 24.3 Å². The number of nitrogens with zero attached hydrogens (tertiary/aromatic N) is 1. The van der Waals surface area contributed by atoms with Gasteiger partial charge in [0, 0.05) is 24.3 Å². The number of benzene rings is 1. The van der Waals surface area contributed by atoms with E-state index >= 15 is 0 Å². The van der Waals surface area contributed by atoms with Crippen LogP contribution in [0.1, 0.15) is 38.3 Å². The highest BCUT2D eigenvalue weighted by Crippen LogP contribution is 2.34. The maximum Gasteiger partial charge on any atom is 0.248 e. The van der Waals surface area contributed by atoms with E-state index in [1.807, 2.05) is 31.3 Å². The number of hydrogen-bond acceptors (Lipinski definition) is 2. The van der Waals surface area contributed by atoms with E-state index in [2.05, 4.69) is 19.2 Å². The zero-order valence-electron chi connectivity index (χ0n) is 10.7. The number of nitrogens with one attached hydrogen (secondary N) is 1. The summed E-state index contributed by atoms with van der Waals surface area (Å²) in [6.45, 7) is 4.30. The van der Waals surface area contributed by atoms with Crippen LogP contribution in [0.3, 0.4) is 0 Å². The Morgan fingerprint density at radius 3 is 2.59 bits per heavy atom. The zero-order chi connectivity index (χ0) is 12.4. The second-order valence-corrected chi connectivity index (χ2v) is 4.57. The van der Waals surface area contributed by atoms with Crippen LogP contribution in [-0.2, 0) is 4.79 Å². The summed E-state index contributed by atoms with van der Waals surface area (Å²) in [6, 6.07) is 8.25. The van der Waals surface area contributed by atoms with Gasteiger partial charge in [0.05, 0.1) is 0 Å². The van der Waals surface area contributed by atoms with Crippen LogP contribution in [0, 0.1) is 0 Å². The molecule has 1 N–H and O–H groups in total. The third-order valence-corrected chi connectivity index (χ3v) is 3.57. The Balaban J connectivity index is 2.26. The molecule has 0 aliphatic carbocycles. The summed E-state index contributed by atoms with van der Waals surface area (Å²) < 4.78 is 0. The standard InChI is InChI=1S/C14H20N2O/c1-4-10(5-2)15-13-11-8-6-7-9-12(11)16(3)14(13)17/h6-10,13,15H,4-5H2,1-3H3. The average Bonchev–Trinajstić information content (AvgIpc) is 2.61. The van der Waals surface area contributed by atoms with E-state index in [1.165, 1.54) is 0 Å². The molecule has 0 saturated carbocycles. The fourth-order valence-electron chi connectivity index (χ4n) is 2.40. The highest BCUT2D eigenvalue weighted by atomic mass is 16.2. The molecule has 1 aliphatic rings. The SMILES string of the molecule is CCC(CC)NC1C(=O)N(C)c2ccccc21. The van der Waals surface area contributed by atoms with E-state index in [-0.39, 0.29) is 11.9 Å². The number of carbonyl (C=O) groups is 1. The van der Waals surface area contributed by atoms with Gasteiger partial charge in [-0.3, -0.25) is 10.1 Å². The number of para-hydroxylation sites is 1. The number of carbonyl (C=O) groups excluding carboxylic acids is 1. The lowest BCUT2D eigenvalue weighted by atomic mass is 10.1. The molecule has 1 atom stereocenters. The first-order valence-corrected chi connectivity index (χ1v) is 6.31. The maximum absolute atomic E-state index is 12.2. The maximum atomic E-state index is 12.2. The highest BCUT2D eigenvalue weighted by molar-refractivity contribution is 6.04. The Bertz CT molecular complexity index is 412. The molecule has 0 bridgehead atoms. The van der Waals surface area contributed by atoms with Crippen molar-refractivity contribution in [2.75, 3.05) is 11.9 Å². The molecule has 3 nitrogen and oxygen atoms in total. The van der Waals surface area contributed by atoms with Crippen molar-refractivity contribution in [3.8, 4) is 0 Å². The number of likely N-dealkylation sites (N-methyl/N-ethyl adjacent to an activating group) is 1. The van der Waals surface area contributed by atoms with Crippen molar-refractivity contribution in [1.82, 2.24) is 5.32 Å². The van der Waals surface area contributed by atoms with E-state index in [0.29, 0.717) is 6.04 Å². The van der Waals surface area contributed by atoms with Gasteiger partial charge in [0.2, 0.25) is 5.91 Å². The Morgan fingerprint density at radius 2 is 1.94 bits per heavy atom. The molecule has 17 heavy (non-hydrogen) atoms. The summed E-state index contributed by atoms with van der Waals surface area (Å²) in [5.41, 5.74) is 2.13. The van der Waals surface area contributed by atoms with E-state index in [0.717, 1.165) is 24.1 Å². The minimum atomic E-state index is -0.166. The molecule has 1 amide bonds. The van der Waals surface area contributed by atoms with Crippen molar-refractivity contribution < 1.29 is 4.79 Å². The average molecular weight is 232 g/mol. The molecule has 0 fully saturated rings. The molecule has 1 unspecified atom stereocenters. The van der Waals surface area contributed by atoms with Gasteiger partial charge >= 0.3 is 0 Å². The fourth-order valence-corrected chi connectivity index (χ4v) is 2.40. The lowest BCUT2D eigenvalue weighted by molar-refractivity contribution is -0.119. The van der Waals surface area contributed by atoms with E-state index in [4.69, 9.17) is 0 Å². The van der Waals surface area contributed by atoms with Crippen LogP contribution in [0.2, 0.25) is 0 Å². The summed E-state index contributed by atoms with van der Waals surface area (Å²) in [6.07, 6.45) is 2.10. The minimum absolute atomic E-state index is 0.151. The van der Waals surface area contributed by atoms with Gasteiger partial charge in [-0.25, -0.2) is 0 Å². The molecule has 1 aromatic carbocycles. The molecule has 1 aromatic rings. The molecule has 92 valence electrons. The van der Waals surface area contributed by atoms with Gasteiger partial charge in [-0.2, -0.15) is 0 Å². The van der Waals surface area contributed by atoms with Crippen LogP contribution >= 0.6 is 0 Å². The summed E-state index contributed by atoms with van der Waals surface area (Å²) in [5.74, 6) is 0.151. The Kier molecular flexibility index (Phi) is 3.48. The van der Waals surface area contributed by atoms with Crippen LogP contribution < -0.4 is 10.2 Å². The van der Waals surface area contributed by atoms with Crippen molar-refractivity contribution in [2.24, 2.45) is 0 Å². The normalized spacial score (nSPS) is 18.9. The van der Waals surface area contributed by atoms with E-state index in [1.54, 1.807) is 4.90 Å². The van der Waals surface area contributed by atoms with Crippen molar-refractivity contribution in [1.29, 1.82) is 0 Å². The van der Waals surface area contributed by atoms with Gasteiger partial charge < -0.3 is 4.90 Å². The summed E-state index contributed by atoms with van der Waals surface area (Å²) in [5, 5.41) is 3.46. The Hall–Kier alpha value is -1.35. The van der Waals surface area contributed by atoms with Crippen LogP contribution in [-0.4, -0.2) is 19.0 Å². The van der Waals surface area contributed by atoms with Crippen molar-refractivity contribution in [3.05, 3.63) is 29.8 Å². The largest absolute Gasteiger partial charge is 0.313 e. The molecule has 3 heteroatoms. The monoisotopic (exact) mass is 232 g/mol. The van der Waals surface area contributed by atoms with Crippen molar-refractivity contribution in [3.63, 3.8) is 0 Å². The highest BCUT2D eigenvalue weighted by Gasteiger charge is 2.35. The predicted molar refractivity (Wildman–Crippen MR) is 70.1 cm³/mol. The zero-order valence-corrected chi connectivity index (χ0v) is 10.7. The van der Waals surface area contributed by atoms with Crippen LogP contribution in [0.25, 0.3) is 0 Å². The van der Waals surface area contributed by atoms with Crippen LogP contribution in [0.5, 0.6) is 0 Å². The first-order chi connectivity index (χ1) is 8.19. The van der Waals surface area contributed by atoms with Gasteiger partial charge in [0.1, 0.15) is 6.04 Å². The van der Waals surface area contributed by atoms with Gasteiger partial charge in [0.25, 0.3) is 0 Å². The summed E-state index contributed by atoms with van der Waals surface area (Å²) in [4.78, 5) is 13.9. The molecule has 2 rings (SSSR count). The summed E-state index contributed by atoms with van der Waals surface area (Å²) in [7, 11) is 1.84. The smallest absolute Gasteiger partial charge is 0.248 e. The first-order valence-electron chi connectivity index (χ1n) is 6.31. The van der Waals surface area contributed by atoms with Crippen LogP contribution in [0.4, 0.5) is 5.69 Å². The number of anilines is 1. The first kappa shape index (κ1) is 12.1. The lowest BCUT2D eigenvalue weighted by Gasteiger charge is -2.20. The topological polar surface area (TPSA) is 32.3 Å². The number of fused-ring (bicyclic) bond motifs is 1. The number of amides is 1. The Labute approximate surface area is 103 Å². The Morgan fingerprint density at radius 1 is 1.29 bits per heavy atom. The molecular weight excluding hydrogens is 212 g/mol.